The van der Waals surface area contributed by atoms with Crippen LogP contribution in [0.2, 0.25) is 0 Å². The van der Waals surface area contributed by atoms with Crippen LogP contribution in [0.15, 0.2) is 6.20 Å². The third-order valence-electron chi connectivity index (χ3n) is 4.28. The number of halogens is 1. The van der Waals surface area contributed by atoms with Crippen molar-refractivity contribution < 1.29 is 0 Å². The smallest absolute Gasteiger partial charge is 0.109 e. The van der Waals surface area contributed by atoms with Gasteiger partial charge in [0.15, 0.2) is 0 Å². The van der Waals surface area contributed by atoms with E-state index in [0.717, 1.165) is 23.6 Å². The summed E-state index contributed by atoms with van der Waals surface area (Å²) in [7, 11) is 2.27. The Hall–Kier alpha value is -0.540. The molecule has 2 aliphatic heterocycles. The van der Waals surface area contributed by atoms with Crippen molar-refractivity contribution >= 4 is 11.6 Å². The van der Waals surface area contributed by atoms with Crippen LogP contribution >= 0.6 is 11.6 Å². The molecule has 2 bridgehead atoms. The number of nitrogens with one attached hydrogen (secondary N) is 1. The van der Waals surface area contributed by atoms with Gasteiger partial charge in [-0.25, -0.2) is 4.98 Å². The highest BCUT2D eigenvalue weighted by Gasteiger charge is 2.39. The first-order valence-electron chi connectivity index (χ1n) is 6.09. The number of aromatic amines is 1. The molecule has 2 aliphatic rings. The van der Waals surface area contributed by atoms with Crippen LogP contribution in [-0.4, -0.2) is 34.0 Å². The van der Waals surface area contributed by atoms with E-state index in [1.54, 1.807) is 0 Å². The van der Waals surface area contributed by atoms with E-state index in [0.29, 0.717) is 11.8 Å². The molecule has 1 N–H and O–H groups in total. The molecule has 4 heteroatoms. The van der Waals surface area contributed by atoms with Crippen LogP contribution in [0.5, 0.6) is 0 Å². The third kappa shape index (κ3) is 1.66. The Morgan fingerprint density at radius 2 is 2.12 bits per heavy atom. The summed E-state index contributed by atoms with van der Waals surface area (Å²) in [5.41, 5.74) is 1.04. The number of hydrogen-bond donors (Lipinski definition) is 1. The molecule has 2 atom stereocenters. The summed E-state index contributed by atoms with van der Waals surface area (Å²) in [6.45, 7) is 0. The quantitative estimate of drug-likeness (QED) is 0.805. The van der Waals surface area contributed by atoms with Gasteiger partial charge in [-0.1, -0.05) is 0 Å². The van der Waals surface area contributed by atoms with Gasteiger partial charge in [-0.3, -0.25) is 0 Å². The first kappa shape index (κ1) is 10.6. The average Bonchev–Trinajstić information content (AvgIpc) is 2.82. The van der Waals surface area contributed by atoms with E-state index < -0.39 is 0 Å². The summed E-state index contributed by atoms with van der Waals surface area (Å²) >= 11 is 5.79. The van der Waals surface area contributed by atoms with Gasteiger partial charge in [0.2, 0.25) is 0 Å². The van der Waals surface area contributed by atoms with Gasteiger partial charge in [-0.05, 0) is 32.7 Å². The zero-order valence-electron chi connectivity index (χ0n) is 9.62. The maximum absolute atomic E-state index is 5.79. The second-order valence-electron chi connectivity index (χ2n) is 5.15. The Bertz CT molecular complexity index is 362. The predicted molar refractivity (Wildman–Crippen MR) is 64.7 cm³/mol. The number of alkyl halides is 1. The van der Waals surface area contributed by atoms with Crippen LogP contribution in [0.25, 0.3) is 0 Å². The van der Waals surface area contributed by atoms with E-state index in [1.807, 2.05) is 6.20 Å². The van der Waals surface area contributed by atoms with Gasteiger partial charge >= 0.3 is 0 Å². The van der Waals surface area contributed by atoms with E-state index >= 15 is 0 Å². The number of nitrogens with zero attached hydrogens (tertiary/aromatic N) is 2. The van der Waals surface area contributed by atoms with E-state index in [9.17, 15) is 0 Å². The molecule has 0 aliphatic carbocycles. The number of hydrogen-bond acceptors (Lipinski definition) is 2. The summed E-state index contributed by atoms with van der Waals surface area (Å²) < 4.78 is 0. The van der Waals surface area contributed by atoms with Crippen LogP contribution in [0.4, 0.5) is 0 Å². The molecule has 0 amide bonds. The zero-order chi connectivity index (χ0) is 11.1. The Morgan fingerprint density at radius 1 is 1.44 bits per heavy atom. The Morgan fingerprint density at radius 3 is 2.69 bits per heavy atom. The minimum atomic E-state index is 0.534. The monoisotopic (exact) mass is 239 g/mol. The van der Waals surface area contributed by atoms with E-state index in [1.165, 1.54) is 25.7 Å². The number of piperidine rings is 1. The molecule has 0 saturated carbocycles. The fourth-order valence-electron chi connectivity index (χ4n) is 3.29. The lowest BCUT2D eigenvalue weighted by molar-refractivity contribution is 0.159. The maximum Gasteiger partial charge on any atom is 0.109 e. The van der Waals surface area contributed by atoms with Crippen molar-refractivity contribution in [3.8, 4) is 0 Å². The number of rotatable bonds is 2. The molecule has 3 heterocycles. The minimum absolute atomic E-state index is 0.534. The number of aromatic nitrogens is 2. The Labute approximate surface area is 101 Å². The van der Waals surface area contributed by atoms with Crippen molar-refractivity contribution in [1.29, 1.82) is 0 Å². The summed E-state index contributed by atoms with van der Waals surface area (Å²) in [4.78, 5) is 10.4. The molecule has 0 aromatic carbocycles. The summed E-state index contributed by atoms with van der Waals surface area (Å²) in [6, 6.07) is 1.54. The van der Waals surface area contributed by atoms with E-state index in [2.05, 4.69) is 21.9 Å². The molecule has 3 nitrogen and oxygen atoms in total. The maximum atomic E-state index is 5.79. The van der Waals surface area contributed by atoms with Crippen LogP contribution in [0, 0.1) is 0 Å². The van der Waals surface area contributed by atoms with Crippen molar-refractivity contribution in [2.24, 2.45) is 0 Å². The SMILES string of the molecule is CN1C2CCC1CC(c1ncc(CCl)[nH]1)C2. The highest BCUT2D eigenvalue weighted by Crippen LogP contribution is 2.41. The molecule has 1 aromatic heterocycles. The zero-order valence-corrected chi connectivity index (χ0v) is 10.4. The topological polar surface area (TPSA) is 31.9 Å². The van der Waals surface area contributed by atoms with Crippen molar-refractivity contribution in [2.75, 3.05) is 7.05 Å². The largest absolute Gasteiger partial charge is 0.345 e. The van der Waals surface area contributed by atoms with Gasteiger partial charge in [0.05, 0.1) is 5.88 Å². The first-order chi connectivity index (χ1) is 7.78. The fourth-order valence-corrected chi connectivity index (χ4v) is 3.42. The lowest BCUT2D eigenvalue weighted by atomic mass is 9.90. The molecule has 16 heavy (non-hydrogen) atoms. The fraction of sp³-hybridized carbons (Fsp3) is 0.750. The summed E-state index contributed by atoms with van der Waals surface area (Å²) in [5, 5.41) is 0. The van der Waals surface area contributed by atoms with Gasteiger partial charge in [0.1, 0.15) is 5.82 Å². The molecule has 2 fully saturated rings. The molecule has 88 valence electrons. The highest BCUT2D eigenvalue weighted by atomic mass is 35.5. The van der Waals surface area contributed by atoms with Gasteiger partial charge in [0, 0.05) is 29.9 Å². The minimum Gasteiger partial charge on any atom is -0.345 e. The summed E-state index contributed by atoms with van der Waals surface area (Å²) in [6.07, 6.45) is 7.11. The predicted octanol–water partition coefficient (Wildman–Crippen LogP) is 2.49. The standard InChI is InChI=1S/C12H18ClN3/c1-16-10-2-3-11(16)5-8(4-10)12-14-7-9(6-13)15-12/h7-8,10-11H,2-6H2,1H3,(H,14,15). The van der Waals surface area contributed by atoms with Crippen LogP contribution < -0.4 is 0 Å². The molecular formula is C12H18ClN3. The second kappa shape index (κ2) is 4.04. The van der Waals surface area contributed by atoms with Crippen molar-refractivity contribution in [2.45, 2.75) is 49.6 Å². The average molecular weight is 240 g/mol. The Balaban J connectivity index is 1.77. The van der Waals surface area contributed by atoms with Crippen LogP contribution in [0.3, 0.4) is 0 Å². The van der Waals surface area contributed by atoms with Crippen molar-refractivity contribution in [3.63, 3.8) is 0 Å². The van der Waals surface area contributed by atoms with Gasteiger partial charge in [-0.2, -0.15) is 0 Å². The van der Waals surface area contributed by atoms with E-state index in [-0.39, 0.29) is 0 Å². The molecule has 2 saturated heterocycles. The Kier molecular flexibility index (Phi) is 2.68. The first-order valence-corrected chi connectivity index (χ1v) is 6.63. The van der Waals surface area contributed by atoms with E-state index in [4.69, 9.17) is 11.6 Å². The highest BCUT2D eigenvalue weighted by molar-refractivity contribution is 6.16. The van der Waals surface area contributed by atoms with Gasteiger partial charge < -0.3 is 9.88 Å². The molecule has 1 aromatic rings. The number of H-pyrrole nitrogens is 1. The lowest BCUT2D eigenvalue weighted by Crippen LogP contribution is -2.39. The summed E-state index contributed by atoms with van der Waals surface area (Å²) in [5.74, 6) is 2.30. The van der Waals surface area contributed by atoms with Crippen molar-refractivity contribution in [3.05, 3.63) is 17.7 Å². The molecule has 0 spiro atoms. The molecule has 0 radical (unpaired) electrons. The molecule has 3 rings (SSSR count). The number of fused-ring (bicyclic) bond motifs is 2. The van der Waals surface area contributed by atoms with Gasteiger partial charge in [0.25, 0.3) is 0 Å². The third-order valence-corrected chi connectivity index (χ3v) is 4.56. The normalized spacial score (nSPS) is 34.5. The van der Waals surface area contributed by atoms with Crippen molar-refractivity contribution in [1.82, 2.24) is 14.9 Å². The second-order valence-corrected chi connectivity index (χ2v) is 5.41. The molecular weight excluding hydrogens is 222 g/mol. The van der Waals surface area contributed by atoms with Crippen LogP contribution in [-0.2, 0) is 5.88 Å². The van der Waals surface area contributed by atoms with Crippen LogP contribution in [0.1, 0.15) is 43.1 Å². The molecule has 2 unspecified atom stereocenters. The lowest BCUT2D eigenvalue weighted by Gasteiger charge is -2.35. The van der Waals surface area contributed by atoms with Gasteiger partial charge in [-0.15, -0.1) is 11.6 Å². The number of imidazole rings is 1.